The topological polar surface area (TPSA) is 37.4 Å². The lowest BCUT2D eigenvalue weighted by molar-refractivity contribution is 0.394. The van der Waals surface area contributed by atoms with Gasteiger partial charge in [0.05, 0.1) is 0 Å². The minimum atomic E-state index is -3.56. The predicted octanol–water partition coefficient (Wildman–Crippen LogP) is 2.97. The summed E-state index contributed by atoms with van der Waals surface area (Å²) in [5.41, 5.74) is 0.194. The third-order valence-corrected chi connectivity index (χ3v) is 5.42. The van der Waals surface area contributed by atoms with E-state index in [4.69, 9.17) is 23.2 Å². The van der Waals surface area contributed by atoms with Crippen molar-refractivity contribution in [3.63, 3.8) is 0 Å². The lowest BCUT2D eigenvalue weighted by atomic mass is 10.2. The Bertz CT molecular complexity index is 526. The standard InChI is InChI=1S/C11H12Cl2FNO2S/c12-7-18(16,17)15(8-4-5-8)6-9-10(13)2-1-3-11(9)14/h1-3,8H,4-7H2. The molecule has 0 bridgehead atoms. The second-order valence-electron chi connectivity index (χ2n) is 4.20. The summed E-state index contributed by atoms with van der Waals surface area (Å²) in [6.07, 6.45) is 1.56. The summed E-state index contributed by atoms with van der Waals surface area (Å²) in [7, 11) is -3.56. The average Bonchev–Trinajstić information content (AvgIpc) is 3.12. The highest BCUT2D eigenvalue weighted by molar-refractivity contribution is 7.90. The Morgan fingerprint density at radius 2 is 2.06 bits per heavy atom. The molecule has 0 spiro atoms. The van der Waals surface area contributed by atoms with Crippen molar-refractivity contribution in [1.29, 1.82) is 0 Å². The molecule has 1 aromatic rings. The van der Waals surface area contributed by atoms with Crippen LogP contribution in [0.5, 0.6) is 0 Å². The molecule has 0 unspecified atom stereocenters. The summed E-state index contributed by atoms with van der Waals surface area (Å²) in [5, 5.41) is -0.277. The first kappa shape index (κ1) is 14.1. The molecule has 0 saturated heterocycles. The SMILES string of the molecule is O=S(=O)(CCl)N(Cc1c(F)cccc1Cl)C1CC1. The van der Waals surface area contributed by atoms with E-state index in [-0.39, 0.29) is 23.2 Å². The third-order valence-electron chi connectivity index (χ3n) is 2.82. The van der Waals surface area contributed by atoms with Gasteiger partial charge < -0.3 is 0 Å². The Balaban J connectivity index is 2.30. The number of alkyl halides is 1. The molecule has 0 N–H and O–H groups in total. The molecule has 0 radical (unpaired) electrons. The van der Waals surface area contributed by atoms with Crippen molar-refractivity contribution in [3.05, 3.63) is 34.6 Å². The van der Waals surface area contributed by atoms with E-state index in [0.717, 1.165) is 12.8 Å². The first-order valence-corrected chi connectivity index (χ1v) is 7.96. The zero-order chi connectivity index (χ0) is 13.3. The molecule has 100 valence electrons. The largest absolute Gasteiger partial charge is 0.228 e. The van der Waals surface area contributed by atoms with Gasteiger partial charge in [-0.25, -0.2) is 12.8 Å². The number of nitrogens with zero attached hydrogens (tertiary/aromatic N) is 1. The van der Waals surface area contributed by atoms with Crippen LogP contribution in [0.2, 0.25) is 5.02 Å². The fourth-order valence-corrected chi connectivity index (χ4v) is 3.43. The molecule has 1 saturated carbocycles. The van der Waals surface area contributed by atoms with Gasteiger partial charge >= 0.3 is 0 Å². The van der Waals surface area contributed by atoms with Crippen LogP contribution in [0.1, 0.15) is 18.4 Å². The zero-order valence-electron chi connectivity index (χ0n) is 9.44. The molecule has 0 heterocycles. The molecular formula is C11H12Cl2FNO2S. The van der Waals surface area contributed by atoms with Gasteiger partial charge in [-0.3, -0.25) is 0 Å². The van der Waals surface area contributed by atoms with E-state index in [0.29, 0.717) is 0 Å². The van der Waals surface area contributed by atoms with E-state index in [1.165, 1.54) is 16.4 Å². The molecular weight excluding hydrogens is 300 g/mol. The monoisotopic (exact) mass is 311 g/mol. The molecule has 0 aromatic heterocycles. The highest BCUT2D eigenvalue weighted by Crippen LogP contribution is 2.33. The van der Waals surface area contributed by atoms with Crippen LogP contribution < -0.4 is 0 Å². The number of benzene rings is 1. The Labute approximate surface area is 116 Å². The van der Waals surface area contributed by atoms with Crippen LogP contribution in [-0.4, -0.2) is 24.0 Å². The number of sulfonamides is 1. The van der Waals surface area contributed by atoms with Crippen LogP contribution >= 0.6 is 23.2 Å². The zero-order valence-corrected chi connectivity index (χ0v) is 11.8. The maximum absolute atomic E-state index is 13.6. The van der Waals surface area contributed by atoms with Crippen molar-refractivity contribution < 1.29 is 12.8 Å². The quantitative estimate of drug-likeness (QED) is 0.784. The summed E-state index contributed by atoms with van der Waals surface area (Å²) < 4.78 is 38.6. The minimum absolute atomic E-state index is 0.0643. The van der Waals surface area contributed by atoms with E-state index in [1.54, 1.807) is 6.07 Å². The number of hydrogen-bond donors (Lipinski definition) is 0. The number of hydrogen-bond acceptors (Lipinski definition) is 2. The van der Waals surface area contributed by atoms with Crippen molar-refractivity contribution in [2.24, 2.45) is 0 Å². The molecule has 7 heteroatoms. The smallest absolute Gasteiger partial charge is 0.211 e. The summed E-state index contributed by atoms with van der Waals surface area (Å²) in [6.45, 7) is -0.0643. The number of halogens is 3. The molecule has 1 aliphatic carbocycles. The first-order chi connectivity index (χ1) is 8.45. The fourth-order valence-electron chi connectivity index (χ4n) is 1.72. The van der Waals surface area contributed by atoms with Crippen molar-refractivity contribution in [2.75, 3.05) is 5.21 Å². The Kier molecular flexibility index (Phi) is 4.16. The maximum atomic E-state index is 13.6. The van der Waals surface area contributed by atoms with Crippen molar-refractivity contribution in [2.45, 2.75) is 25.4 Å². The van der Waals surface area contributed by atoms with Gasteiger partial charge in [0.1, 0.15) is 11.0 Å². The second kappa shape index (κ2) is 5.33. The predicted molar refractivity (Wildman–Crippen MR) is 69.6 cm³/mol. The average molecular weight is 312 g/mol. The van der Waals surface area contributed by atoms with Gasteiger partial charge in [0, 0.05) is 23.2 Å². The van der Waals surface area contributed by atoms with Gasteiger partial charge in [-0.05, 0) is 25.0 Å². The third kappa shape index (κ3) is 2.96. The van der Waals surface area contributed by atoms with Crippen LogP contribution in [0.4, 0.5) is 4.39 Å². The molecule has 0 amide bonds. The van der Waals surface area contributed by atoms with Crippen LogP contribution in [0.15, 0.2) is 18.2 Å². The number of rotatable bonds is 5. The van der Waals surface area contributed by atoms with Crippen LogP contribution in [0.25, 0.3) is 0 Å². The normalized spacial score (nSPS) is 16.2. The van der Waals surface area contributed by atoms with Gasteiger partial charge in [-0.2, -0.15) is 4.31 Å². The highest BCUT2D eigenvalue weighted by Gasteiger charge is 2.37. The van der Waals surface area contributed by atoms with Gasteiger partial charge in [0.15, 0.2) is 0 Å². The Hall–Kier alpha value is -0.360. The van der Waals surface area contributed by atoms with Gasteiger partial charge in [-0.15, -0.1) is 11.6 Å². The molecule has 18 heavy (non-hydrogen) atoms. The van der Waals surface area contributed by atoms with Crippen LogP contribution in [0, 0.1) is 5.82 Å². The lowest BCUT2D eigenvalue weighted by Gasteiger charge is -2.21. The maximum Gasteiger partial charge on any atom is 0.228 e. The Morgan fingerprint density at radius 1 is 1.39 bits per heavy atom. The second-order valence-corrected chi connectivity index (χ2v) is 7.11. The lowest BCUT2D eigenvalue weighted by Crippen LogP contribution is -2.33. The van der Waals surface area contributed by atoms with Gasteiger partial charge in [0.25, 0.3) is 0 Å². The Morgan fingerprint density at radius 3 is 2.56 bits per heavy atom. The molecule has 2 rings (SSSR count). The fraction of sp³-hybridized carbons (Fsp3) is 0.455. The first-order valence-electron chi connectivity index (χ1n) is 5.44. The molecule has 1 aromatic carbocycles. The van der Waals surface area contributed by atoms with E-state index >= 15 is 0 Å². The molecule has 1 fully saturated rings. The molecule has 1 aliphatic rings. The molecule has 0 atom stereocenters. The summed E-state index contributed by atoms with van der Waals surface area (Å²) in [4.78, 5) is 0. The highest BCUT2D eigenvalue weighted by atomic mass is 35.5. The van der Waals surface area contributed by atoms with E-state index in [9.17, 15) is 12.8 Å². The summed E-state index contributed by atoms with van der Waals surface area (Å²) in [6, 6.07) is 4.21. The van der Waals surface area contributed by atoms with Gasteiger partial charge in [0.2, 0.25) is 10.0 Å². The summed E-state index contributed by atoms with van der Waals surface area (Å²) >= 11 is 11.3. The van der Waals surface area contributed by atoms with Crippen molar-refractivity contribution >= 4 is 33.2 Å². The van der Waals surface area contributed by atoms with Crippen LogP contribution in [-0.2, 0) is 16.6 Å². The van der Waals surface area contributed by atoms with Gasteiger partial charge in [-0.1, -0.05) is 17.7 Å². The van der Waals surface area contributed by atoms with Crippen molar-refractivity contribution in [1.82, 2.24) is 4.31 Å². The van der Waals surface area contributed by atoms with E-state index in [2.05, 4.69) is 0 Å². The van der Waals surface area contributed by atoms with Crippen molar-refractivity contribution in [3.8, 4) is 0 Å². The van der Waals surface area contributed by atoms with Crippen LogP contribution in [0.3, 0.4) is 0 Å². The van der Waals surface area contributed by atoms with E-state index < -0.39 is 21.1 Å². The summed E-state index contributed by atoms with van der Waals surface area (Å²) in [5.74, 6) is -0.502. The molecule has 0 aliphatic heterocycles. The minimum Gasteiger partial charge on any atom is -0.211 e. The van der Waals surface area contributed by atoms with E-state index in [1.807, 2.05) is 0 Å². The molecule has 3 nitrogen and oxygen atoms in total.